The summed E-state index contributed by atoms with van der Waals surface area (Å²) < 4.78 is 32.2. The monoisotopic (exact) mass is 265 g/mol. The number of anilines is 1. The van der Waals surface area contributed by atoms with Crippen molar-refractivity contribution in [2.24, 2.45) is 0 Å². The number of nitrogens with one attached hydrogen (secondary N) is 1. The van der Waals surface area contributed by atoms with Crippen LogP contribution in [0.1, 0.15) is 24.6 Å². The second-order valence-electron chi connectivity index (χ2n) is 4.56. The number of halogens is 2. The van der Waals surface area contributed by atoms with Crippen LogP contribution in [0, 0.1) is 11.6 Å². The first-order valence-corrected chi connectivity index (χ1v) is 6.07. The van der Waals surface area contributed by atoms with Crippen molar-refractivity contribution < 1.29 is 13.5 Å². The minimum absolute atomic E-state index is 0.147. The summed E-state index contributed by atoms with van der Waals surface area (Å²) in [4.78, 5) is 0. The summed E-state index contributed by atoms with van der Waals surface area (Å²) in [5.74, 6) is -1.07. The van der Waals surface area contributed by atoms with Crippen LogP contribution in [-0.4, -0.2) is 16.8 Å². The van der Waals surface area contributed by atoms with E-state index < -0.39 is 11.6 Å². The zero-order valence-electron chi connectivity index (χ0n) is 10.1. The molecule has 1 saturated heterocycles. The van der Waals surface area contributed by atoms with Crippen LogP contribution in [-0.2, 0) is 4.74 Å². The number of benzene rings is 1. The molecule has 0 radical (unpaired) electrons. The van der Waals surface area contributed by atoms with Crippen molar-refractivity contribution >= 4 is 5.82 Å². The molecule has 0 saturated carbocycles. The van der Waals surface area contributed by atoms with Crippen molar-refractivity contribution in [3.63, 3.8) is 0 Å². The number of H-pyrrole nitrogens is 1. The Balaban J connectivity index is 2.10. The average Bonchev–Trinajstić information content (AvgIpc) is 2.95. The van der Waals surface area contributed by atoms with E-state index in [-0.39, 0.29) is 11.9 Å². The van der Waals surface area contributed by atoms with Gasteiger partial charge in [0.25, 0.3) is 0 Å². The summed E-state index contributed by atoms with van der Waals surface area (Å²) in [7, 11) is 0. The summed E-state index contributed by atoms with van der Waals surface area (Å²) in [6.45, 7) is 0.667. The number of hydrogen-bond donors (Lipinski definition) is 2. The molecule has 1 fully saturated rings. The quantitative estimate of drug-likeness (QED) is 0.877. The largest absolute Gasteiger partial charge is 0.382 e. The molecular weight excluding hydrogens is 252 g/mol. The highest BCUT2D eigenvalue weighted by Gasteiger charge is 2.25. The number of hydrogen-bond acceptors (Lipinski definition) is 3. The first-order chi connectivity index (χ1) is 9.15. The van der Waals surface area contributed by atoms with E-state index in [1.807, 2.05) is 0 Å². The SMILES string of the molecule is Nc1n[nH]c(C2CCCO2)c1-c1cc(F)cc(F)c1. The lowest BCUT2D eigenvalue weighted by molar-refractivity contribution is 0.109. The van der Waals surface area contributed by atoms with Crippen LogP contribution in [0.4, 0.5) is 14.6 Å². The topological polar surface area (TPSA) is 63.9 Å². The molecule has 0 spiro atoms. The van der Waals surface area contributed by atoms with E-state index in [1.165, 1.54) is 12.1 Å². The minimum Gasteiger partial charge on any atom is -0.382 e. The van der Waals surface area contributed by atoms with Crippen molar-refractivity contribution in [2.75, 3.05) is 12.3 Å². The molecule has 0 aliphatic carbocycles. The fourth-order valence-electron chi connectivity index (χ4n) is 2.41. The first-order valence-electron chi connectivity index (χ1n) is 6.07. The fourth-order valence-corrected chi connectivity index (χ4v) is 2.41. The number of ether oxygens (including phenoxy) is 1. The number of aromatic nitrogens is 2. The van der Waals surface area contributed by atoms with Crippen molar-refractivity contribution in [1.29, 1.82) is 0 Å². The van der Waals surface area contributed by atoms with Gasteiger partial charge in [0.05, 0.1) is 11.8 Å². The van der Waals surface area contributed by atoms with E-state index in [0.29, 0.717) is 23.4 Å². The standard InChI is InChI=1S/C13H13F2N3O/c14-8-4-7(5-9(15)6-8)11-12(17-18-13(11)16)10-2-1-3-19-10/h4-6,10H,1-3H2,(H3,16,17,18). The van der Waals surface area contributed by atoms with Gasteiger partial charge < -0.3 is 10.5 Å². The van der Waals surface area contributed by atoms with Gasteiger partial charge in [0, 0.05) is 18.2 Å². The summed E-state index contributed by atoms with van der Waals surface area (Å²) in [6.07, 6.45) is 1.64. The summed E-state index contributed by atoms with van der Waals surface area (Å²) in [6, 6.07) is 3.30. The van der Waals surface area contributed by atoms with E-state index in [1.54, 1.807) is 0 Å². The Labute approximate surface area is 108 Å². The Kier molecular flexibility index (Phi) is 2.94. The van der Waals surface area contributed by atoms with Crippen molar-refractivity contribution in [1.82, 2.24) is 10.2 Å². The van der Waals surface area contributed by atoms with Crippen LogP contribution in [0.2, 0.25) is 0 Å². The summed E-state index contributed by atoms with van der Waals surface area (Å²) >= 11 is 0. The Morgan fingerprint density at radius 2 is 2.00 bits per heavy atom. The van der Waals surface area contributed by atoms with E-state index in [9.17, 15) is 8.78 Å². The van der Waals surface area contributed by atoms with Crippen LogP contribution in [0.3, 0.4) is 0 Å². The molecule has 6 heteroatoms. The van der Waals surface area contributed by atoms with Gasteiger partial charge in [-0.1, -0.05) is 0 Å². The van der Waals surface area contributed by atoms with Gasteiger partial charge in [-0.3, -0.25) is 5.10 Å². The number of rotatable bonds is 2. The third-order valence-electron chi connectivity index (χ3n) is 3.23. The molecule has 3 N–H and O–H groups in total. The molecule has 2 heterocycles. The molecule has 1 unspecified atom stereocenters. The van der Waals surface area contributed by atoms with Crippen LogP contribution < -0.4 is 5.73 Å². The second-order valence-corrected chi connectivity index (χ2v) is 4.56. The molecule has 2 aromatic rings. The minimum atomic E-state index is -0.645. The van der Waals surface area contributed by atoms with Gasteiger partial charge in [0.15, 0.2) is 5.82 Å². The van der Waals surface area contributed by atoms with Crippen LogP contribution >= 0.6 is 0 Å². The lowest BCUT2D eigenvalue weighted by Crippen LogP contribution is -1.99. The second kappa shape index (κ2) is 4.62. The predicted molar refractivity (Wildman–Crippen MR) is 66.3 cm³/mol. The zero-order valence-corrected chi connectivity index (χ0v) is 10.1. The lowest BCUT2D eigenvalue weighted by Gasteiger charge is -2.10. The maximum atomic E-state index is 13.3. The lowest BCUT2D eigenvalue weighted by atomic mass is 10.0. The van der Waals surface area contributed by atoms with Crippen molar-refractivity contribution in [2.45, 2.75) is 18.9 Å². The maximum Gasteiger partial charge on any atom is 0.153 e. The predicted octanol–water partition coefficient (Wildman–Crippen LogP) is 2.79. The first kappa shape index (κ1) is 12.1. The number of nitrogens with zero attached hydrogens (tertiary/aromatic N) is 1. The molecule has 1 aliphatic rings. The number of nitrogen functional groups attached to an aromatic ring is 1. The third kappa shape index (κ3) is 2.19. The highest BCUT2D eigenvalue weighted by atomic mass is 19.1. The van der Waals surface area contributed by atoms with E-state index in [0.717, 1.165) is 18.9 Å². The maximum absolute atomic E-state index is 13.3. The average molecular weight is 265 g/mol. The van der Waals surface area contributed by atoms with Crippen LogP contribution in [0.5, 0.6) is 0 Å². The summed E-state index contributed by atoms with van der Waals surface area (Å²) in [5, 5.41) is 6.73. The molecule has 0 bridgehead atoms. The number of nitrogens with two attached hydrogens (primary N) is 1. The normalized spacial score (nSPS) is 18.9. The van der Waals surface area contributed by atoms with E-state index >= 15 is 0 Å². The Hall–Kier alpha value is -1.95. The van der Waals surface area contributed by atoms with Gasteiger partial charge in [0.2, 0.25) is 0 Å². The van der Waals surface area contributed by atoms with Crippen molar-refractivity contribution in [3.05, 3.63) is 35.5 Å². The molecular formula is C13H13F2N3O. The summed E-state index contributed by atoms with van der Waals surface area (Å²) in [5.41, 5.74) is 7.37. The smallest absolute Gasteiger partial charge is 0.153 e. The Morgan fingerprint density at radius 1 is 1.26 bits per heavy atom. The molecule has 19 heavy (non-hydrogen) atoms. The van der Waals surface area contributed by atoms with Gasteiger partial charge in [0.1, 0.15) is 11.6 Å². The molecule has 1 aromatic carbocycles. The molecule has 0 amide bonds. The molecule has 4 nitrogen and oxygen atoms in total. The van der Waals surface area contributed by atoms with Gasteiger partial charge in [-0.25, -0.2) is 8.78 Å². The highest BCUT2D eigenvalue weighted by Crippen LogP contribution is 2.37. The van der Waals surface area contributed by atoms with Gasteiger partial charge >= 0.3 is 0 Å². The Bertz CT molecular complexity index is 586. The third-order valence-corrected chi connectivity index (χ3v) is 3.23. The fraction of sp³-hybridized carbons (Fsp3) is 0.308. The Morgan fingerprint density at radius 3 is 2.63 bits per heavy atom. The van der Waals surface area contributed by atoms with Crippen LogP contribution in [0.15, 0.2) is 18.2 Å². The van der Waals surface area contributed by atoms with E-state index in [2.05, 4.69) is 10.2 Å². The molecule has 1 atom stereocenters. The zero-order chi connectivity index (χ0) is 13.4. The molecule has 1 aromatic heterocycles. The van der Waals surface area contributed by atoms with Gasteiger partial charge in [-0.2, -0.15) is 5.10 Å². The molecule has 3 rings (SSSR count). The number of aromatic amines is 1. The van der Waals surface area contributed by atoms with Crippen molar-refractivity contribution in [3.8, 4) is 11.1 Å². The van der Waals surface area contributed by atoms with Crippen LogP contribution in [0.25, 0.3) is 11.1 Å². The van der Waals surface area contributed by atoms with E-state index in [4.69, 9.17) is 10.5 Å². The van der Waals surface area contributed by atoms with Gasteiger partial charge in [-0.05, 0) is 30.5 Å². The van der Waals surface area contributed by atoms with Gasteiger partial charge in [-0.15, -0.1) is 0 Å². The molecule has 1 aliphatic heterocycles. The molecule has 100 valence electrons. The highest BCUT2D eigenvalue weighted by molar-refractivity contribution is 5.76.